The number of ether oxygens (including phenoxy) is 6. The lowest BCUT2D eigenvalue weighted by molar-refractivity contribution is -0.344. The molecule has 0 amide bonds. The molecule has 2 saturated carbocycles. The van der Waals surface area contributed by atoms with Gasteiger partial charge in [0.15, 0.2) is 31.9 Å². The number of ketones is 1. The quantitative estimate of drug-likeness (QED) is 0.0238. The van der Waals surface area contributed by atoms with Crippen molar-refractivity contribution in [3.05, 3.63) is 155 Å². The van der Waals surface area contributed by atoms with Gasteiger partial charge < -0.3 is 47.9 Å². The van der Waals surface area contributed by atoms with Crippen LogP contribution < -0.4 is 0 Å². The molecule has 0 aromatic heterocycles. The Balaban J connectivity index is 1.33. The van der Waals surface area contributed by atoms with Gasteiger partial charge >= 0.3 is 24.1 Å². The van der Waals surface area contributed by atoms with Crippen LogP contribution in [0.25, 0.3) is 0 Å². The summed E-state index contributed by atoms with van der Waals surface area (Å²) >= 11 is 0. The second kappa shape index (κ2) is 22.6. The van der Waals surface area contributed by atoms with Crippen LogP contribution in [0.2, 0.25) is 18.1 Å². The van der Waals surface area contributed by atoms with Crippen LogP contribution in [0.3, 0.4) is 0 Å². The maximum absolute atomic E-state index is 16.7. The van der Waals surface area contributed by atoms with E-state index in [0.29, 0.717) is 29.3 Å². The molecule has 0 spiro atoms. The van der Waals surface area contributed by atoms with Crippen LogP contribution in [-0.2, 0) is 65.3 Å². The fourth-order valence-electron chi connectivity index (χ4n) is 12.1. The fraction of sp³-hybridized carbons (Fsp3) is 0.458. The number of benzene rings is 4. The molecule has 2 bridgehead atoms. The van der Waals surface area contributed by atoms with Gasteiger partial charge in [0.25, 0.3) is 0 Å². The number of hydrogen-bond acceptors (Lipinski definition) is 16. The van der Waals surface area contributed by atoms with Crippen molar-refractivity contribution in [2.45, 2.75) is 147 Å². The monoisotopic (exact) mass is 1060 g/mol. The van der Waals surface area contributed by atoms with Crippen LogP contribution in [0.15, 0.2) is 138 Å². The van der Waals surface area contributed by atoms with Crippen LogP contribution in [0.5, 0.6) is 0 Å². The highest BCUT2D eigenvalue weighted by Crippen LogP contribution is 2.65. The smallest absolute Gasteiger partial charge is 0.456 e. The van der Waals surface area contributed by atoms with E-state index in [1.54, 1.807) is 113 Å². The zero-order valence-corrected chi connectivity index (χ0v) is 45.4. The van der Waals surface area contributed by atoms with Gasteiger partial charge in [-0.15, -0.1) is 0 Å². The number of esters is 3. The second-order valence-electron chi connectivity index (χ2n) is 21.1. The predicted molar refractivity (Wildman–Crippen MR) is 281 cm³/mol. The summed E-state index contributed by atoms with van der Waals surface area (Å²) in [4.78, 5) is 79.9. The van der Waals surface area contributed by atoms with Crippen molar-refractivity contribution in [2.75, 3.05) is 6.61 Å². The van der Waals surface area contributed by atoms with Gasteiger partial charge in [-0.25, -0.2) is 14.4 Å². The summed E-state index contributed by atoms with van der Waals surface area (Å²) in [5.74, 6) is -5.03. The summed E-state index contributed by atoms with van der Waals surface area (Å²) < 4.78 is 45.2. The van der Waals surface area contributed by atoms with Gasteiger partial charge in [0, 0.05) is 30.7 Å². The van der Waals surface area contributed by atoms with E-state index in [1.165, 1.54) is 6.92 Å². The number of carbonyl (C=O) groups excluding carboxylic acids is 5. The van der Waals surface area contributed by atoms with Crippen LogP contribution >= 0.6 is 0 Å². The van der Waals surface area contributed by atoms with Crippen molar-refractivity contribution in [3.8, 4) is 0 Å². The summed E-state index contributed by atoms with van der Waals surface area (Å²) in [6, 6.07) is 36.6. The first-order chi connectivity index (χ1) is 36.3. The zero-order valence-electron chi connectivity index (χ0n) is 44.4. The average molecular weight is 1060 g/mol. The zero-order chi connectivity index (χ0) is 54.6. The molecular formula is C59H69NO15Si. The number of aliphatic hydroxyl groups excluding tert-OH is 1. The standard InChI is InChI=1S/C59H69NO15Si/c1-9-76(10-2,11-3)75-44-32-45-58(36-69-45,74-38(5)61)50-52(73-53(64)42-30-22-15-23-31-42)59(67)33-43(71-54(65)48(62)47(41-28-20-14-21-29-41)60-70-35-40-26-18-13-19-27-40)37(4)46(56(59,6)7)49(51(63)57(44,50)8)72-55(66)68-34-39-24-16-12-17-25-39/h12-31,43-45,48-50,52,62,67H,9-11,32-36H2,1-8H3/b60-47-/t43-,44-,45+,48+,49+,50?,52-,57+,58-,59+/m0/s1. The van der Waals surface area contributed by atoms with Crippen molar-refractivity contribution in [2.24, 2.45) is 21.9 Å². The molecule has 2 N–H and O–H groups in total. The first-order valence-corrected chi connectivity index (χ1v) is 28.6. The number of fused-ring (bicyclic) bond motifs is 5. The molecule has 4 aromatic rings. The number of oxime groups is 1. The molecule has 1 unspecified atom stereocenters. The fourth-order valence-corrected chi connectivity index (χ4v) is 15.0. The molecule has 3 fully saturated rings. The van der Waals surface area contributed by atoms with E-state index in [4.69, 9.17) is 37.7 Å². The minimum absolute atomic E-state index is 0.00635. The lowest BCUT2D eigenvalue weighted by atomic mass is 9.44. The molecule has 1 aliphatic heterocycles. The van der Waals surface area contributed by atoms with E-state index >= 15 is 4.79 Å². The van der Waals surface area contributed by atoms with Gasteiger partial charge in [-0.3, -0.25) is 9.59 Å². The van der Waals surface area contributed by atoms with E-state index < -0.39 is 109 Å². The Morgan fingerprint density at radius 3 is 1.87 bits per heavy atom. The Hall–Kier alpha value is -6.50. The SMILES string of the molecule is CC[Si](CC)(CC)O[C@H]1C[C@H]2OC[C@@]2(OC(C)=O)C2[C@H](OC(=O)c3ccccc3)[C@]3(O)C[C@H](OC(=O)[C@H](O)/C(=N\OCc4ccccc4)c4ccccc4)C(C)=C([C@@H](OC(=O)OCc4ccccc4)C(=O)[C@@]21C)C3(C)C. The van der Waals surface area contributed by atoms with Gasteiger partial charge in [0.1, 0.15) is 42.8 Å². The molecule has 4 aliphatic rings. The van der Waals surface area contributed by atoms with E-state index in [9.17, 15) is 29.4 Å². The second-order valence-corrected chi connectivity index (χ2v) is 25.8. The summed E-state index contributed by atoms with van der Waals surface area (Å²) in [5.41, 5.74) is -5.87. The maximum Gasteiger partial charge on any atom is 0.509 e. The topological polar surface area (TPSA) is 212 Å². The average Bonchev–Trinajstić information content (AvgIpc) is 3.61. The number of hydrogen-bond donors (Lipinski definition) is 2. The largest absolute Gasteiger partial charge is 0.509 e. The molecule has 8 rings (SSSR count). The van der Waals surface area contributed by atoms with Crippen LogP contribution in [0.1, 0.15) is 95.3 Å². The predicted octanol–water partition coefficient (Wildman–Crippen LogP) is 9.01. The molecule has 1 heterocycles. The molecule has 10 atom stereocenters. The maximum atomic E-state index is 16.7. The van der Waals surface area contributed by atoms with E-state index in [0.717, 1.165) is 5.56 Å². The molecule has 16 nitrogen and oxygen atoms in total. The molecule has 0 radical (unpaired) electrons. The third kappa shape index (κ3) is 10.4. The summed E-state index contributed by atoms with van der Waals surface area (Å²) in [6.45, 7) is 13.3. The molecule has 17 heteroatoms. The minimum atomic E-state index is -2.70. The Morgan fingerprint density at radius 1 is 0.776 bits per heavy atom. The Morgan fingerprint density at radius 2 is 1.33 bits per heavy atom. The molecule has 4 aromatic carbocycles. The Labute approximate surface area is 444 Å². The highest BCUT2D eigenvalue weighted by Gasteiger charge is 2.79. The molecule has 404 valence electrons. The van der Waals surface area contributed by atoms with Crippen LogP contribution in [0, 0.1) is 16.7 Å². The number of aliphatic hydroxyl groups is 2. The van der Waals surface area contributed by atoms with Gasteiger partial charge in [-0.2, -0.15) is 0 Å². The third-order valence-electron chi connectivity index (χ3n) is 16.7. The minimum Gasteiger partial charge on any atom is -0.456 e. The first-order valence-electron chi connectivity index (χ1n) is 26.1. The first kappa shape index (κ1) is 55.7. The van der Waals surface area contributed by atoms with Crippen molar-refractivity contribution in [3.63, 3.8) is 0 Å². The summed E-state index contributed by atoms with van der Waals surface area (Å²) in [5, 5.41) is 30.5. The van der Waals surface area contributed by atoms with Crippen molar-refractivity contribution in [1.82, 2.24) is 0 Å². The highest BCUT2D eigenvalue weighted by molar-refractivity contribution is 6.73. The lowest BCUT2D eigenvalue weighted by Crippen LogP contribution is -2.82. The van der Waals surface area contributed by atoms with Gasteiger partial charge in [0.05, 0.1) is 29.6 Å². The lowest BCUT2D eigenvalue weighted by Gasteiger charge is -2.68. The third-order valence-corrected chi connectivity index (χ3v) is 21.3. The van der Waals surface area contributed by atoms with E-state index in [-0.39, 0.29) is 48.7 Å². The van der Waals surface area contributed by atoms with Crippen molar-refractivity contribution in [1.29, 1.82) is 0 Å². The van der Waals surface area contributed by atoms with Crippen molar-refractivity contribution >= 4 is 43.9 Å². The molecular weight excluding hydrogens is 991 g/mol. The number of rotatable bonds is 18. The van der Waals surface area contributed by atoms with Crippen molar-refractivity contribution < 1.29 is 71.9 Å². The Kier molecular flexibility index (Phi) is 16.6. The Bertz CT molecular complexity index is 2800. The normalized spacial score (nSPS) is 28.2. The van der Waals surface area contributed by atoms with Gasteiger partial charge in [-0.05, 0) is 66.4 Å². The summed E-state index contributed by atoms with van der Waals surface area (Å²) in [6.07, 6.45) is -10.9. The van der Waals surface area contributed by atoms with Crippen LogP contribution in [0.4, 0.5) is 4.79 Å². The number of nitrogens with zero attached hydrogens (tertiary/aromatic N) is 1. The summed E-state index contributed by atoms with van der Waals surface area (Å²) in [7, 11) is -2.70. The van der Waals surface area contributed by atoms with Gasteiger partial charge in [-0.1, -0.05) is 149 Å². The number of carbonyl (C=O) groups is 5. The molecule has 3 aliphatic carbocycles. The van der Waals surface area contributed by atoms with Gasteiger partial charge in [0.2, 0.25) is 0 Å². The number of Topliss-reactive ketones (excluding diaryl/α,β-unsaturated/α-hetero) is 1. The highest BCUT2D eigenvalue weighted by atomic mass is 28.4. The molecule has 1 saturated heterocycles. The molecule has 76 heavy (non-hydrogen) atoms. The van der Waals surface area contributed by atoms with E-state index in [2.05, 4.69) is 5.16 Å². The van der Waals surface area contributed by atoms with Crippen LogP contribution in [-0.4, -0.2) is 109 Å². The van der Waals surface area contributed by atoms with E-state index in [1.807, 2.05) is 57.2 Å².